The van der Waals surface area contributed by atoms with E-state index in [1.54, 1.807) is 7.11 Å². The van der Waals surface area contributed by atoms with Gasteiger partial charge in [-0.3, -0.25) is 4.79 Å². The second-order valence-electron chi connectivity index (χ2n) is 7.19. The van der Waals surface area contributed by atoms with Gasteiger partial charge in [0.1, 0.15) is 11.5 Å². The van der Waals surface area contributed by atoms with Gasteiger partial charge in [0.2, 0.25) is 0 Å². The second-order valence-corrected chi connectivity index (χ2v) is 7.19. The van der Waals surface area contributed by atoms with Crippen LogP contribution >= 0.6 is 0 Å². The first kappa shape index (κ1) is 16.3. The molecule has 23 heavy (non-hydrogen) atoms. The van der Waals surface area contributed by atoms with Gasteiger partial charge in [0.25, 0.3) is 0 Å². The van der Waals surface area contributed by atoms with Crippen LogP contribution in [0.15, 0.2) is 24.8 Å². The number of fused-ring (bicyclic) bond motifs is 2. The number of benzene rings is 1. The quantitative estimate of drug-likeness (QED) is 0.750. The summed E-state index contributed by atoms with van der Waals surface area (Å²) in [5.74, 6) is 2.00. The summed E-state index contributed by atoms with van der Waals surface area (Å²) in [7, 11) is 1.72. The second kappa shape index (κ2) is 6.51. The topological polar surface area (TPSA) is 26.3 Å². The van der Waals surface area contributed by atoms with E-state index in [0.717, 1.165) is 50.7 Å². The van der Waals surface area contributed by atoms with Crippen molar-refractivity contribution in [2.45, 2.75) is 58.3 Å². The standard InChI is InChI=1S/C21H28O2/c1-4-21-13-12-15(2)19-10-9-18(23-3)14-16(19)6-5-7-17(21)8-11-20(21)22/h9-10,14,17H,2,4-8,11-13H2,1,3H3/t17?,21-/m0/s1. The average molecular weight is 312 g/mol. The SMILES string of the molecule is C=C1CC[C@]2(CC)C(=O)CCC2CCCc2cc(OC)ccc21. The third-order valence-corrected chi connectivity index (χ3v) is 6.25. The summed E-state index contributed by atoms with van der Waals surface area (Å²) in [6, 6.07) is 6.33. The molecule has 2 atom stereocenters. The normalized spacial score (nSPS) is 28.2. The van der Waals surface area contributed by atoms with E-state index in [1.807, 2.05) is 6.07 Å². The number of hydrogen-bond acceptors (Lipinski definition) is 2. The van der Waals surface area contributed by atoms with Crippen LogP contribution in [0.4, 0.5) is 0 Å². The Kier molecular flexibility index (Phi) is 4.61. The van der Waals surface area contributed by atoms with Crippen LogP contribution in [0.5, 0.6) is 5.75 Å². The number of carbonyl (C=O) groups is 1. The monoisotopic (exact) mass is 312 g/mol. The molecule has 2 aliphatic rings. The minimum Gasteiger partial charge on any atom is -0.497 e. The van der Waals surface area contributed by atoms with E-state index in [4.69, 9.17) is 4.74 Å². The zero-order valence-corrected chi connectivity index (χ0v) is 14.5. The van der Waals surface area contributed by atoms with Crippen LogP contribution in [-0.4, -0.2) is 12.9 Å². The zero-order chi connectivity index (χ0) is 16.4. The molecule has 1 aromatic rings. The van der Waals surface area contributed by atoms with Gasteiger partial charge >= 0.3 is 0 Å². The van der Waals surface area contributed by atoms with E-state index in [1.165, 1.54) is 23.1 Å². The minimum absolute atomic E-state index is 0.0765. The number of aryl methyl sites for hydroxylation is 1. The summed E-state index contributed by atoms with van der Waals surface area (Å²) in [5.41, 5.74) is 3.71. The molecule has 2 heteroatoms. The number of ether oxygens (including phenoxy) is 1. The van der Waals surface area contributed by atoms with E-state index < -0.39 is 0 Å². The molecular weight excluding hydrogens is 284 g/mol. The number of Topliss-reactive ketones (excluding diaryl/α,β-unsaturated/α-hetero) is 1. The summed E-state index contributed by atoms with van der Waals surface area (Å²) < 4.78 is 5.39. The highest BCUT2D eigenvalue weighted by Gasteiger charge is 2.47. The third-order valence-electron chi connectivity index (χ3n) is 6.25. The van der Waals surface area contributed by atoms with Crippen LogP contribution in [0.3, 0.4) is 0 Å². The Balaban J connectivity index is 1.92. The molecule has 0 radical (unpaired) electrons. The highest BCUT2D eigenvalue weighted by Crippen LogP contribution is 2.50. The fraction of sp³-hybridized carbons (Fsp3) is 0.571. The van der Waals surface area contributed by atoms with Crippen molar-refractivity contribution in [3.05, 3.63) is 35.9 Å². The Labute approximate surface area is 139 Å². The summed E-state index contributed by atoms with van der Waals surface area (Å²) in [6.45, 7) is 6.54. The first-order valence-electron chi connectivity index (χ1n) is 8.99. The van der Waals surface area contributed by atoms with E-state index in [-0.39, 0.29) is 5.41 Å². The molecule has 1 saturated carbocycles. The van der Waals surface area contributed by atoms with Crippen molar-refractivity contribution in [2.24, 2.45) is 11.3 Å². The summed E-state index contributed by atoms with van der Waals surface area (Å²) in [5, 5.41) is 0. The molecule has 0 amide bonds. The molecule has 0 bridgehead atoms. The van der Waals surface area contributed by atoms with Gasteiger partial charge in [-0.1, -0.05) is 19.6 Å². The molecular formula is C21H28O2. The largest absolute Gasteiger partial charge is 0.497 e. The van der Waals surface area contributed by atoms with Crippen LogP contribution in [0.25, 0.3) is 5.57 Å². The first-order valence-corrected chi connectivity index (χ1v) is 8.99. The molecule has 0 aliphatic heterocycles. The van der Waals surface area contributed by atoms with Crippen LogP contribution < -0.4 is 4.74 Å². The highest BCUT2D eigenvalue weighted by atomic mass is 16.5. The van der Waals surface area contributed by atoms with Crippen LogP contribution in [-0.2, 0) is 11.2 Å². The lowest BCUT2D eigenvalue weighted by Crippen LogP contribution is -2.32. The summed E-state index contributed by atoms with van der Waals surface area (Å²) in [4.78, 5) is 12.6. The number of ketones is 1. The molecule has 0 heterocycles. The summed E-state index contributed by atoms with van der Waals surface area (Å²) >= 11 is 0. The van der Waals surface area contributed by atoms with Gasteiger partial charge in [-0.15, -0.1) is 0 Å². The summed E-state index contributed by atoms with van der Waals surface area (Å²) in [6.07, 6.45) is 8.12. The lowest BCUT2D eigenvalue weighted by atomic mass is 9.68. The third kappa shape index (κ3) is 2.84. The number of allylic oxidation sites excluding steroid dienone is 1. The molecule has 1 aromatic carbocycles. The van der Waals surface area contributed by atoms with Crippen molar-refractivity contribution in [2.75, 3.05) is 7.11 Å². The molecule has 1 unspecified atom stereocenters. The van der Waals surface area contributed by atoms with Crippen LogP contribution in [0.1, 0.15) is 63.0 Å². The van der Waals surface area contributed by atoms with E-state index >= 15 is 0 Å². The van der Waals surface area contributed by atoms with Crippen molar-refractivity contribution in [3.63, 3.8) is 0 Å². The van der Waals surface area contributed by atoms with E-state index in [0.29, 0.717) is 11.7 Å². The smallest absolute Gasteiger partial charge is 0.139 e. The van der Waals surface area contributed by atoms with Crippen molar-refractivity contribution in [3.8, 4) is 5.75 Å². The maximum atomic E-state index is 12.6. The van der Waals surface area contributed by atoms with Gasteiger partial charge in [0.15, 0.2) is 0 Å². The number of hydrogen-bond donors (Lipinski definition) is 0. The van der Waals surface area contributed by atoms with Crippen molar-refractivity contribution < 1.29 is 9.53 Å². The Hall–Kier alpha value is -1.57. The Bertz CT molecular complexity index is 616. The Morgan fingerprint density at radius 2 is 2.09 bits per heavy atom. The molecule has 2 nitrogen and oxygen atoms in total. The molecule has 3 rings (SSSR count). The van der Waals surface area contributed by atoms with Crippen LogP contribution in [0, 0.1) is 11.3 Å². The van der Waals surface area contributed by atoms with E-state index in [2.05, 4.69) is 25.6 Å². The fourth-order valence-corrected chi connectivity index (χ4v) is 4.78. The van der Waals surface area contributed by atoms with Gasteiger partial charge in [0, 0.05) is 11.8 Å². The first-order chi connectivity index (χ1) is 11.1. The Morgan fingerprint density at radius 3 is 2.83 bits per heavy atom. The predicted molar refractivity (Wildman–Crippen MR) is 94.7 cm³/mol. The predicted octanol–water partition coefficient (Wildman–Crippen LogP) is 5.20. The molecule has 0 saturated heterocycles. The lowest BCUT2D eigenvalue weighted by molar-refractivity contribution is -0.128. The molecule has 0 N–H and O–H groups in total. The number of carbonyl (C=O) groups excluding carboxylic acids is 1. The molecule has 0 aromatic heterocycles. The maximum Gasteiger partial charge on any atom is 0.139 e. The molecule has 124 valence electrons. The van der Waals surface area contributed by atoms with Crippen molar-refractivity contribution in [1.82, 2.24) is 0 Å². The molecule has 2 aliphatic carbocycles. The maximum absolute atomic E-state index is 12.6. The lowest BCUT2D eigenvalue weighted by Gasteiger charge is -2.34. The van der Waals surface area contributed by atoms with Gasteiger partial charge in [-0.2, -0.15) is 0 Å². The van der Waals surface area contributed by atoms with Gasteiger partial charge in [0.05, 0.1) is 7.11 Å². The molecule has 0 spiro atoms. The average Bonchev–Trinajstić information content (AvgIpc) is 2.89. The number of methoxy groups -OCH3 is 1. The van der Waals surface area contributed by atoms with Crippen LogP contribution in [0.2, 0.25) is 0 Å². The van der Waals surface area contributed by atoms with Gasteiger partial charge < -0.3 is 4.74 Å². The highest BCUT2D eigenvalue weighted by molar-refractivity contribution is 5.87. The molecule has 1 fully saturated rings. The number of rotatable bonds is 2. The van der Waals surface area contributed by atoms with Gasteiger partial charge in [-0.05, 0) is 79.7 Å². The zero-order valence-electron chi connectivity index (χ0n) is 14.5. The van der Waals surface area contributed by atoms with Crippen molar-refractivity contribution in [1.29, 1.82) is 0 Å². The van der Waals surface area contributed by atoms with Gasteiger partial charge in [-0.25, -0.2) is 0 Å². The fourth-order valence-electron chi connectivity index (χ4n) is 4.78. The van der Waals surface area contributed by atoms with E-state index in [9.17, 15) is 4.79 Å². The Morgan fingerprint density at radius 1 is 1.26 bits per heavy atom. The minimum atomic E-state index is -0.0765. The van der Waals surface area contributed by atoms with Crippen molar-refractivity contribution >= 4 is 11.4 Å².